The van der Waals surface area contributed by atoms with Gasteiger partial charge in [0.25, 0.3) is 0 Å². The zero-order valence-electron chi connectivity index (χ0n) is 61.0. The van der Waals surface area contributed by atoms with Crippen LogP contribution in [-0.2, 0) is 0 Å². The largest absolute Gasteiger partial charge is 0.393 e. The van der Waals surface area contributed by atoms with E-state index in [4.69, 9.17) is 0 Å². The van der Waals surface area contributed by atoms with Crippen molar-refractivity contribution in [3.05, 3.63) is 0 Å². The predicted octanol–water partition coefficient (Wildman–Crippen LogP) is 19.3. The Morgan fingerprint density at radius 2 is 0.802 bits per heavy atom. The molecular formula is C78H156O8. The monoisotopic (exact) mass is 1220 g/mol. The Morgan fingerprint density at radius 3 is 1.29 bits per heavy atom. The van der Waals surface area contributed by atoms with Gasteiger partial charge >= 0.3 is 0 Å². The van der Waals surface area contributed by atoms with Crippen molar-refractivity contribution in [2.24, 2.45) is 118 Å². The van der Waals surface area contributed by atoms with Crippen molar-refractivity contribution >= 4 is 0 Å². The summed E-state index contributed by atoms with van der Waals surface area (Å²) in [7, 11) is 0. The molecule has 8 nitrogen and oxygen atoms in total. The van der Waals surface area contributed by atoms with Crippen LogP contribution in [0.15, 0.2) is 0 Å². The lowest BCUT2D eigenvalue weighted by atomic mass is 9.73. The third-order valence-corrected chi connectivity index (χ3v) is 24.0. The molecule has 24 atom stereocenters. The van der Waals surface area contributed by atoms with E-state index in [1.807, 2.05) is 0 Å². The van der Waals surface area contributed by atoms with E-state index in [0.29, 0.717) is 59.2 Å². The molecule has 8 fully saturated rings. The fraction of sp³-hybridized carbons (Fsp3) is 1.00. The first-order chi connectivity index (χ1) is 40.4. The molecule has 0 aromatic carbocycles. The highest BCUT2D eigenvalue weighted by Crippen LogP contribution is 2.39. The van der Waals surface area contributed by atoms with E-state index in [-0.39, 0.29) is 48.8 Å². The third kappa shape index (κ3) is 32.5. The highest BCUT2D eigenvalue weighted by Gasteiger charge is 2.34. The normalized spacial score (nSPS) is 39.9. The van der Waals surface area contributed by atoms with E-state index in [1.54, 1.807) is 0 Å². The average molecular weight is 1220 g/mol. The van der Waals surface area contributed by atoms with Crippen LogP contribution >= 0.6 is 0 Å². The van der Waals surface area contributed by atoms with Gasteiger partial charge < -0.3 is 40.9 Å². The zero-order chi connectivity index (χ0) is 65.4. The third-order valence-electron chi connectivity index (χ3n) is 24.0. The van der Waals surface area contributed by atoms with Crippen LogP contribution in [0.25, 0.3) is 0 Å². The molecule has 0 aromatic heterocycles. The number of hydrogen-bond acceptors (Lipinski definition) is 8. The van der Waals surface area contributed by atoms with Crippen molar-refractivity contribution in [3.8, 4) is 0 Å². The van der Waals surface area contributed by atoms with Gasteiger partial charge in [0.05, 0.1) is 48.8 Å². The topological polar surface area (TPSA) is 162 Å². The molecule has 0 saturated heterocycles. The smallest absolute Gasteiger partial charge is 0.0596 e. The lowest BCUT2D eigenvalue weighted by molar-refractivity contribution is 0.00481. The first-order valence-corrected chi connectivity index (χ1v) is 37.9. The van der Waals surface area contributed by atoms with Crippen LogP contribution in [-0.4, -0.2) is 89.7 Å². The fourth-order valence-corrected chi connectivity index (χ4v) is 16.5. The molecule has 24 unspecified atom stereocenters. The maximum atomic E-state index is 9.81. The van der Waals surface area contributed by atoms with Crippen molar-refractivity contribution in [2.45, 2.75) is 380 Å². The molecule has 0 spiro atoms. The van der Waals surface area contributed by atoms with E-state index < -0.39 is 0 Å². The maximum Gasteiger partial charge on any atom is 0.0596 e. The Morgan fingerprint density at radius 1 is 0.314 bits per heavy atom. The lowest BCUT2D eigenvalue weighted by Gasteiger charge is -2.35. The summed E-state index contributed by atoms with van der Waals surface area (Å²) in [5.41, 5.74) is 0. The molecule has 8 saturated carbocycles. The van der Waals surface area contributed by atoms with Crippen LogP contribution in [0.4, 0.5) is 0 Å². The van der Waals surface area contributed by atoms with Gasteiger partial charge in [-0.25, -0.2) is 0 Å². The first kappa shape index (κ1) is 83.7. The average Bonchev–Trinajstić information content (AvgIpc) is 3.50. The highest BCUT2D eigenvalue weighted by atomic mass is 16.3. The van der Waals surface area contributed by atoms with Gasteiger partial charge in [0.2, 0.25) is 0 Å². The second-order valence-corrected chi connectivity index (χ2v) is 32.5. The summed E-state index contributed by atoms with van der Waals surface area (Å²) in [5.74, 6) is 13.5. The van der Waals surface area contributed by atoms with Gasteiger partial charge in [0.1, 0.15) is 0 Å². The van der Waals surface area contributed by atoms with E-state index in [2.05, 4.69) is 138 Å². The summed E-state index contributed by atoms with van der Waals surface area (Å²) in [4.78, 5) is 0. The molecule has 8 N–H and O–H groups in total. The van der Waals surface area contributed by atoms with Gasteiger partial charge in [-0.15, -0.1) is 0 Å². The summed E-state index contributed by atoms with van der Waals surface area (Å²) in [6.45, 7) is 44.5. The van der Waals surface area contributed by atoms with Crippen molar-refractivity contribution in [3.63, 3.8) is 0 Å². The molecule has 0 amide bonds. The molecule has 8 aliphatic rings. The van der Waals surface area contributed by atoms with E-state index >= 15 is 0 Å². The molecule has 516 valence electrons. The standard InChI is InChI=1S/6C10H20O.2C9H18O/c1-7(2)9-4-5-10(11)8(3)6-9;1-7(2)9-5-4-8(3)10(11)6-9;1-7(2)9-5-4-6-10(11)8(9)3;1-7(2)9-6-4-5-8(3)10(9)11;1-3-4-9-7-10(11)6-5-8(9)2;1-3-4-9-7-8(2)5-6-10(9)11;1-3-8-5-4-7(2)9(10)6-8;1-3-8-6-4-5-7(2)9(8)10/h4*7-11H,4-6H2,1-3H3;2*8-11H,3-7H2,1-2H3;2*7-10H,3-6H2,1-2H3. The van der Waals surface area contributed by atoms with Crippen LogP contribution in [0.2, 0.25) is 0 Å². The number of aliphatic hydroxyl groups is 8. The quantitative estimate of drug-likeness (QED) is 0.107. The second-order valence-electron chi connectivity index (χ2n) is 32.5. The molecule has 86 heavy (non-hydrogen) atoms. The molecule has 0 radical (unpaired) electrons. The van der Waals surface area contributed by atoms with Crippen molar-refractivity contribution in [1.29, 1.82) is 0 Å². The molecule has 0 aromatic rings. The first-order valence-electron chi connectivity index (χ1n) is 37.9. The molecule has 0 aliphatic heterocycles. The zero-order valence-corrected chi connectivity index (χ0v) is 61.0. The second kappa shape index (κ2) is 45.9. The Labute approximate surface area is 536 Å². The van der Waals surface area contributed by atoms with Gasteiger partial charge in [0.15, 0.2) is 0 Å². The van der Waals surface area contributed by atoms with E-state index in [0.717, 1.165) is 111 Å². The minimum atomic E-state index is -0.0382. The summed E-state index contributed by atoms with van der Waals surface area (Å²) < 4.78 is 0. The Kier molecular flexibility index (Phi) is 44.7. The van der Waals surface area contributed by atoms with Gasteiger partial charge in [-0.2, -0.15) is 0 Å². The van der Waals surface area contributed by atoms with Gasteiger partial charge in [-0.1, -0.05) is 196 Å². The summed E-state index contributed by atoms with van der Waals surface area (Å²) in [6.07, 6.45) is 35.7. The number of hydrogen-bond donors (Lipinski definition) is 8. The van der Waals surface area contributed by atoms with Gasteiger partial charge in [-0.05, 0) is 253 Å². The SMILES string of the molecule is CC(C)C1CCC(C)C(O)C1.CC(C)C1CCC(O)C(C)C1.CC(C)C1CCCC(C)C1O.CC(C)C1CCCC(O)C1C.CCC1CCC(C)C(O)C1.CCC1CCCC(C)C1O.CCCC1CC(C)CCC1O.CCCC1CC(O)CCC1C. The molecule has 0 bridgehead atoms. The van der Waals surface area contributed by atoms with E-state index in [1.165, 1.54) is 141 Å². The van der Waals surface area contributed by atoms with E-state index in [9.17, 15) is 40.9 Å². The number of aliphatic hydroxyl groups excluding tert-OH is 8. The summed E-state index contributed by atoms with van der Waals surface area (Å²) >= 11 is 0. The number of rotatable bonds is 10. The predicted molar refractivity (Wildman–Crippen MR) is 370 cm³/mol. The highest BCUT2D eigenvalue weighted by molar-refractivity contribution is 4.85. The molecule has 0 heterocycles. The molecular weight excluding hydrogens is 1060 g/mol. The van der Waals surface area contributed by atoms with Crippen molar-refractivity contribution < 1.29 is 40.9 Å². The minimum absolute atomic E-state index is 0.00255. The van der Waals surface area contributed by atoms with Crippen LogP contribution in [0.3, 0.4) is 0 Å². The summed E-state index contributed by atoms with van der Waals surface area (Å²) in [5, 5.41) is 76.6. The minimum Gasteiger partial charge on any atom is -0.393 e. The lowest BCUT2D eigenvalue weighted by Crippen LogP contribution is -2.34. The van der Waals surface area contributed by atoms with Crippen LogP contribution in [0, 0.1) is 118 Å². The van der Waals surface area contributed by atoms with Crippen molar-refractivity contribution in [1.82, 2.24) is 0 Å². The van der Waals surface area contributed by atoms with Crippen molar-refractivity contribution in [2.75, 3.05) is 0 Å². The fourth-order valence-electron chi connectivity index (χ4n) is 16.5. The Bertz CT molecular complexity index is 1500. The van der Waals surface area contributed by atoms with Crippen LogP contribution < -0.4 is 0 Å². The van der Waals surface area contributed by atoms with Crippen LogP contribution in [0.1, 0.15) is 331 Å². The Hall–Kier alpha value is -0.320. The maximum absolute atomic E-state index is 9.81. The van der Waals surface area contributed by atoms with Gasteiger partial charge in [-0.3, -0.25) is 0 Å². The summed E-state index contributed by atoms with van der Waals surface area (Å²) in [6, 6.07) is 0. The molecule has 8 heteroatoms. The molecule has 8 rings (SSSR count). The van der Waals surface area contributed by atoms with Gasteiger partial charge in [0, 0.05) is 0 Å². The molecule has 8 aliphatic carbocycles. The Balaban J connectivity index is 0.000000492. The van der Waals surface area contributed by atoms with Crippen LogP contribution in [0.5, 0.6) is 0 Å².